The molecule has 0 saturated heterocycles. The van der Waals surface area contributed by atoms with E-state index in [1.54, 1.807) is 32.1 Å². The number of ether oxygens (including phenoxy) is 3. The third-order valence-corrected chi connectivity index (χ3v) is 7.47. The number of imidazole rings is 1. The number of alkyl halides is 1. The molecule has 164 valence electrons. The lowest BCUT2D eigenvalue weighted by Crippen LogP contribution is -2.34. The van der Waals surface area contributed by atoms with E-state index in [0.717, 1.165) is 24.0 Å². The summed E-state index contributed by atoms with van der Waals surface area (Å²) in [6.07, 6.45) is 3.33. The molecule has 0 amide bonds. The van der Waals surface area contributed by atoms with Gasteiger partial charge in [0.2, 0.25) is 5.75 Å². The second-order valence-electron chi connectivity index (χ2n) is 7.52. The van der Waals surface area contributed by atoms with Gasteiger partial charge in [-0.05, 0) is 58.7 Å². The topological polar surface area (TPSA) is 91.3 Å². The molecule has 2 aromatic carbocycles. The summed E-state index contributed by atoms with van der Waals surface area (Å²) in [5.74, 6) is 1.54. The van der Waals surface area contributed by atoms with Crippen LogP contribution in [-0.4, -0.2) is 40.8 Å². The van der Waals surface area contributed by atoms with Gasteiger partial charge in [0.15, 0.2) is 22.8 Å². The van der Waals surface area contributed by atoms with Crippen LogP contribution in [0.25, 0.3) is 22.6 Å². The molecule has 2 aromatic heterocycles. The zero-order chi connectivity index (χ0) is 22.5. The van der Waals surface area contributed by atoms with E-state index in [9.17, 15) is 4.79 Å². The van der Waals surface area contributed by atoms with Crippen molar-refractivity contribution < 1.29 is 14.2 Å². The molecular weight excluding hydrogens is 523 g/mol. The first-order valence-electron chi connectivity index (χ1n) is 10.1. The average molecular weight is 544 g/mol. The SMILES string of the molecule is COc1cc(-c2cnc3[nH]c(=O)n(C4(I)CCc5ccccc54)c3n2)cc(OC)c1OC. The Morgan fingerprint density at radius 3 is 2.50 bits per heavy atom. The quantitative estimate of drug-likeness (QED) is 0.303. The molecule has 32 heavy (non-hydrogen) atoms. The van der Waals surface area contributed by atoms with Gasteiger partial charge in [-0.3, -0.25) is 9.55 Å². The minimum atomic E-state index is -0.535. The fraction of sp³-hybridized carbons (Fsp3) is 0.261. The van der Waals surface area contributed by atoms with Gasteiger partial charge >= 0.3 is 5.69 Å². The molecule has 0 saturated carbocycles. The smallest absolute Gasteiger partial charge is 0.330 e. The molecule has 4 aromatic rings. The Balaban J connectivity index is 1.71. The number of aromatic amines is 1. The number of halogens is 1. The Morgan fingerprint density at radius 1 is 1.09 bits per heavy atom. The molecule has 0 radical (unpaired) electrons. The lowest BCUT2D eigenvalue weighted by molar-refractivity contribution is 0.324. The van der Waals surface area contributed by atoms with Crippen LogP contribution in [0.2, 0.25) is 0 Å². The summed E-state index contributed by atoms with van der Waals surface area (Å²) in [7, 11) is 4.69. The van der Waals surface area contributed by atoms with Gasteiger partial charge in [-0.25, -0.2) is 14.8 Å². The second kappa shape index (κ2) is 7.80. The predicted molar refractivity (Wildman–Crippen MR) is 129 cm³/mol. The van der Waals surface area contributed by atoms with Crippen molar-refractivity contribution in [2.24, 2.45) is 0 Å². The number of hydrogen-bond donors (Lipinski definition) is 1. The van der Waals surface area contributed by atoms with E-state index in [4.69, 9.17) is 19.2 Å². The Bertz CT molecular complexity index is 1370. The van der Waals surface area contributed by atoms with Crippen molar-refractivity contribution in [1.82, 2.24) is 19.5 Å². The lowest BCUT2D eigenvalue weighted by atomic mass is 10.1. The summed E-state index contributed by atoms with van der Waals surface area (Å²) in [5, 5.41) is 0. The fourth-order valence-electron chi connectivity index (χ4n) is 4.35. The number of aryl methyl sites for hydroxylation is 1. The van der Waals surface area contributed by atoms with Gasteiger partial charge in [0, 0.05) is 5.56 Å². The summed E-state index contributed by atoms with van der Waals surface area (Å²) >= 11 is 2.37. The van der Waals surface area contributed by atoms with E-state index < -0.39 is 3.55 Å². The maximum absolute atomic E-state index is 13.0. The van der Waals surface area contributed by atoms with Crippen molar-refractivity contribution >= 4 is 33.9 Å². The summed E-state index contributed by atoms with van der Waals surface area (Å²) in [6.45, 7) is 0. The highest BCUT2D eigenvalue weighted by atomic mass is 127. The molecule has 1 atom stereocenters. The number of rotatable bonds is 5. The van der Waals surface area contributed by atoms with Gasteiger partial charge in [-0.1, -0.05) is 24.3 Å². The molecule has 8 nitrogen and oxygen atoms in total. The molecule has 1 N–H and O–H groups in total. The normalized spacial score (nSPS) is 17.4. The van der Waals surface area contributed by atoms with Crippen molar-refractivity contribution in [3.8, 4) is 28.5 Å². The standard InChI is InChI=1S/C23H21IN4O4/c1-30-17-10-14(11-18(31-2)19(17)32-3)16-12-25-20-21(26-16)28(22(29)27-20)23(24)9-8-13-6-4-5-7-15(13)23/h4-7,10-12H,8-9H2,1-3H3,(H,25,27,29). The van der Waals surface area contributed by atoms with Crippen LogP contribution in [0.3, 0.4) is 0 Å². The number of fused-ring (bicyclic) bond motifs is 2. The van der Waals surface area contributed by atoms with Crippen molar-refractivity contribution in [2.45, 2.75) is 16.4 Å². The van der Waals surface area contributed by atoms with Crippen LogP contribution in [0.15, 0.2) is 47.4 Å². The fourth-order valence-corrected chi connectivity index (χ4v) is 5.60. The minimum Gasteiger partial charge on any atom is -0.493 e. The molecule has 0 aliphatic heterocycles. The second-order valence-corrected chi connectivity index (χ2v) is 9.31. The highest BCUT2D eigenvalue weighted by Crippen LogP contribution is 2.46. The molecule has 0 fully saturated rings. The van der Waals surface area contributed by atoms with E-state index in [2.05, 4.69) is 44.7 Å². The predicted octanol–water partition coefficient (Wildman–Crippen LogP) is 3.89. The third kappa shape index (κ3) is 3.06. The molecule has 1 aliphatic carbocycles. The zero-order valence-electron chi connectivity index (χ0n) is 17.8. The van der Waals surface area contributed by atoms with Gasteiger partial charge in [-0.2, -0.15) is 0 Å². The number of methoxy groups -OCH3 is 3. The van der Waals surface area contributed by atoms with Gasteiger partial charge in [0.25, 0.3) is 0 Å². The van der Waals surface area contributed by atoms with Gasteiger partial charge in [-0.15, -0.1) is 0 Å². The summed E-state index contributed by atoms with van der Waals surface area (Å²) < 4.78 is 17.6. The molecule has 0 spiro atoms. The average Bonchev–Trinajstić information content (AvgIpc) is 3.34. The van der Waals surface area contributed by atoms with Crippen molar-refractivity contribution in [3.05, 3.63) is 64.2 Å². The largest absolute Gasteiger partial charge is 0.493 e. The molecular formula is C23H21IN4O4. The van der Waals surface area contributed by atoms with Crippen LogP contribution in [0.1, 0.15) is 17.5 Å². The molecule has 0 bridgehead atoms. The first-order chi connectivity index (χ1) is 15.5. The van der Waals surface area contributed by atoms with Gasteiger partial charge in [0.1, 0.15) is 3.55 Å². The number of H-pyrrole nitrogens is 1. The van der Waals surface area contributed by atoms with E-state index >= 15 is 0 Å². The Kier molecular flexibility index (Phi) is 5.07. The number of benzene rings is 2. The van der Waals surface area contributed by atoms with E-state index in [1.165, 1.54) is 5.56 Å². The monoisotopic (exact) mass is 544 g/mol. The summed E-state index contributed by atoms with van der Waals surface area (Å²) in [6, 6.07) is 11.9. The van der Waals surface area contributed by atoms with Crippen LogP contribution >= 0.6 is 22.6 Å². The van der Waals surface area contributed by atoms with E-state index in [-0.39, 0.29) is 5.69 Å². The van der Waals surface area contributed by atoms with Crippen LogP contribution in [0, 0.1) is 0 Å². The minimum absolute atomic E-state index is 0.229. The van der Waals surface area contributed by atoms with Crippen LogP contribution < -0.4 is 19.9 Å². The molecule has 9 heteroatoms. The molecule has 1 aliphatic rings. The molecule has 5 rings (SSSR count). The van der Waals surface area contributed by atoms with Gasteiger partial charge in [0.05, 0.1) is 33.2 Å². The molecule has 2 heterocycles. The number of hydrogen-bond acceptors (Lipinski definition) is 6. The number of aromatic nitrogens is 4. The zero-order valence-corrected chi connectivity index (χ0v) is 20.0. The highest BCUT2D eigenvalue weighted by Gasteiger charge is 2.40. The number of nitrogens with zero attached hydrogens (tertiary/aromatic N) is 3. The van der Waals surface area contributed by atoms with Gasteiger partial charge < -0.3 is 14.2 Å². The van der Waals surface area contributed by atoms with E-state index in [0.29, 0.717) is 34.2 Å². The Labute approximate surface area is 197 Å². The Morgan fingerprint density at radius 2 is 1.81 bits per heavy atom. The summed E-state index contributed by atoms with van der Waals surface area (Å²) in [5.41, 5.74) is 4.44. The van der Waals surface area contributed by atoms with Crippen molar-refractivity contribution in [2.75, 3.05) is 21.3 Å². The molecule has 1 unspecified atom stereocenters. The highest BCUT2D eigenvalue weighted by molar-refractivity contribution is 14.1. The third-order valence-electron chi connectivity index (χ3n) is 5.86. The first kappa shape index (κ1) is 20.8. The Hall–Kier alpha value is -3.08. The maximum atomic E-state index is 13.0. The number of nitrogens with one attached hydrogen (secondary N) is 1. The first-order valence-corrected chi connectivity index (χ1v) is 11.1. The van der Waals surface area contributed by atoms with Crippen LogP contribution in [0.4, 0.5) is 0 Å². The summed E-state index contributed by atoms with van der Waals surface area (Å²) in [4.78, 5) is 25.2. The van der Waals surface area contributed by atoms with E-state index in [1.807, 2.05) is 24.3 Å². The van der Waals surface area contributed by atoms with Crippen LogP contribution in [-0.2, 0) is 9.97 Å². The maximum Gasteiger partial charge on any atom is 0.330 e. The lowest BCUT2D eigenvalue weighted by Gasteiger charge is -2.24. The van der Waals surface area contributed by atoms with Crippen molar-refractivity contribution in [3.63, 3.8) is 0 Å². The van der Waals surface area contributed by atoms with Crippen LogP contribution in [0.5, 0.6) is 17.2 Å². The van der Waals surface area contributed by atoms with Crippen molar-refractivity contribution in [1.29, 1.82) is 0 Å².